The molecule has 0 bridgehead atoms. The minimum absolute atomic E-state index is 0.0251. The van der Waals surface area contributed by atoms with Crippen LogP contribution in [0.4, 0.5) is 0 Å². The number of rotatable bonds is 8. The number of carbonyl (C=O) groups is 1. The van der Waals surface area contributed by atoms with Crippen LogP contribution in [-0.4, -0.2) is 53.8 Å². The number of hydrogen-bond donors (Lipinski definition) is 2. The lowest BCUT2D eigenvalue weighted by molar-refractivity contribution is -0.123. The van der Waals surface area contributed by atoms with Gasteiger partial charge in [0, 0.05) is 26.1 Å². The van der Waals surface area contributed by atoms with Crippen molar-refractivity contribution in [2.24, 2.45) is 5.92 Å². The fraction of sp³-hybridized carbons (Fsp3) is 0.588. The second-order valence-corrected chi connectivity index (χ2v) is 8.00. The predicted molar refractivity (Wildman–Crippen MR) is 95.9 cm³/mol. The number of methoxy groups -OCH3 is 1. The van der Waals surface area contributed by atoms with Gasteiger partial charge in [-0.2, -0.15) is 4.72 Å². The molecule has 0 saturated carbocycles. The summed E-state index contributed by atoms with van der Waals surface area (Å²) in [6, 6.07) is 3.53. The van der Waals surface area contributed by atoms with Gasteiger partial charge in [0.05, 0.1) is 24.7 Å². The monoisotopic (exact) mass is 386 g/mol. The highest BCUT2D eigenvalue weighted by atomic mass is 32.2. The zero-order valence-corrected chi connectivity index (χ0v) is 16.1. The predicted octanol–water partition coefficient (Wildman–Crippen LogP) is 0.913. The van der Waals surface area contributed by atoms with Crippen molar-refractivity contribution < 1.29 is 27.4 Å². The summed E-state index contributed by atoms with van der Waals surface area (Å²) in [5, 5.41) is 2.66. The Labute approximate surface area is 154 Å². The smallest absolute Gasteiger partial charge is 0.241 e. The summed E-state index contributed by atoms with van der Waals surface area (Å²) in [6.07, 6.45) is 0.728. The van der Waals surface area contributed by atoms with Gasteiger partial charge in [0.25, 0.3) is 0 Å². The number of benzene rings is 1. The first-order valence-electron chi connectivity index (χ1n) is 8.54. The zero-order chi connectivity index (χ0) is 19.2. The molecule has 0 fully saturated rings. The largest absolute Gasteiger partial charge is 0.490 e. The van der Waals surface area contributed by atoms with E-state index in [2.05, 4.69) is 10.0 Å². The molecule has 2 rings (SSSR count). The molecule has 1 heterocycles. The third-order valence-electron chi connectivity index (χ3n) is 3.87. The van der Waals surface area contributed by atoms with E-state index in [1.807, 2.05) is 0 Å². The molecule has 0 aromatic heterocycles. The number of carbonyl (C=O) groups excluding carboxylic acids is 1. The van der Waals surface area contributed by atoms with E-state index >= 15 is 0 Å². The molecule has 8 nitrogen and oxygen atoms in total. The van der Waals surface area contributed by atoms with E-state index in [0.717, 1.165) is 6.42 Å². The Morgan fingerprint density at radius 3 is 2.58 bits per heavy atom. The van der Waals surface area contributed by atoms with Gasteiger partial charge >= 0.3 is 0 Å². The van der Waals surface area contributed by atoms with Gasteiger partial charge < -0.3 is 19.5 Å². The summed E-state index contributed by atoms with van der Waals surface area (Å²) < 4.78 is 43.9. The standard InChI is InChI=1S/C17H26N2O6S/c1-12(2)16(17(20)18-7-10-23-3)19-26(21,22)13-5-6-14-15(11-13)25-9-4-8-24-14/h5-6,11-12,16,19H,4,7-10H2,1-3H3,(H,18,20)/t16-/m1/s1. The van der Waals surface area contributed by atoms with E-state index in [4.69, 9.17) is 14.2 Å². The van der Waals surface area contributed by atoms with Gasteiger partial charge in [-0.05, 0) is 18.1 Å². The van der Waals surface area contributed by atoms with Gasteiger partial charge in [-0.1, -0.05) is 13.8 Å². The van der Waals surface area contributed by atoms with Crippen LogP contribution in [0.1, 0.15) is 20.3 Å². The summed E-state index contributed by atoms with van der Waals surface area (Å²) in [5.74, 6) is 0.276. The molecule has 0 spiro atoms. The molecule has 1 aliphatic heterocycles. The molecular formula is C17H26N2O6S. The van der Waals surface area contributed by atoms with Crippen LogP contribution < -0.4 is 19.5 Å². The van der Waals surface area contributed by atoms with Gasteiger partial charge in [0.1, 0.15) is 6.04 Å². The number of ether oxygens (including phenoxy) is 3. The summed E-state index contributed by atoms with van der Waals surface area (Å²) in [6.45, 7) is 5.19. The summed E-state index contributed by atoms with van der Waals surface area (Å²) in [4.78, 5) is 12.3. The van der Waals surface area contributed by atoms with Crippen molar-refractivity contribution in [2.45, 2.75) is 31.2 Å². The van der Waals surface area contributed by atoms with Crippen molar-refractivity contribution in [1.29, 1.82) is 0 Å². The topological polar surface area (TPSA) is 103 Å². The Kier molecular flexibility index (Phi) is 7.24. The minimum atomic E-state index is -3.90. The molecule has 1 aromatic rings. The fourth-order valence-corrected chi connectivity index (χ4v) is 3.78. The van der Waals surface area contributed by atoms with Crippen molar-refractivity contribution in [3.8, 4) is 11.5 Å². The summed E-state index contributed by atoms with van der Waals surface area (Å²) in [5.41, 5.74) is 0. The average Bonchev–Trinajstić information content (AvgIpc) is 2.84. The zero-order valence-electron chi connectivity index (χ0n) is 15.3. The molecule has 0 saturated heterocycles. The molecule has 1 aliphatic rings. The van der Waals surface area contributed by atoms with Crippen LogP contribution >= 0.6 is 0 Å². The highest BCUT2D eigenvalue weighted by Crippen LogP contribution is 2.32. The molecule has 1 amide bonds. The van der Waals surface area contributed by atoms with Crippen LogP contribution in [0, 0.1) is 5.92 Å². The maximum absolute atomic E-state index is 12.7. The van der Waals surface area contributed by atoms with Gasteiger partial charge in [-0.3, -0.25) is 4.79 Å². The normalized spacial score (nSPS) is 15.4. The SMILES string of the molecule is COCCNC(=O)[C@H](NS(=O)(=O)c1ccc2c(c1)OCCCO2)C(C)C. The molecule has 0 unspecified atom stereocenters. The Bertz CT molecular complexity index is 720. The highest BCUT2D eigenvalue weighted by molar-refractivity contribution is 7.89. The first-order valence-corrected chi connectivity index (χ1v) is 10.0. The molecule has 1 aromatic carbocycles. The first-order chi connectivity index (χ1) is 12.3. The number of nitrogens with one attached hydrogen (secondary N) is 2. The van der Waals surface area contributed by atoms with Crippen molar-refractivity contribution in [3.63, 3.8) is 0 Å². The van der Waals surface area contributed by atoms with Gasteiger partial charge in [0.15, 0.2) is 11.5 Å². The lowest BCUT2D eigenvalue weighted by Gasteiger charge is -2.22. The van der Waals surface area contributed by atoms with E-state index < -0.39 is 22.0 Å². The molecule has 0 aliphatic carbocycles. The maximum Gasteiger partial charge on any atom is 0.241 e. The lowest BCUT2D eigenvalue weighted by Crippen LogP contribution is -2.50. The number of amides is 1. The quantitative estimate of drug-likeness (QED) is 0.644. The Balaban J connectivity index is 2.17. The fourth-order valence-electron chi connectivity index (χ4n) is 2.42. The number of hydrogen-bond acceptors (Lipinski definition) is 6. The molecule has 9 heteroatoms. The summed E-state index contributed by atoms with van der Waals surface area (Å²) >= 11 is 0. The Hall–Kier alpha value is -1.84. The minimum Gasteiger partial charge on any atom is -0.490 e. The van der Waals surface area contributed by atoms with Gasteiger partial charge in [-0.15, -0.1) is 0 Å². The number of fused-ring (bicyclic) bond motifs is 1. The Morgan fingerprint density at radius 2 is 1.92 bits per heavy atom. The molecule has 0 radical (unpaired) electrons. The van der Waals surface area contributed by atoms with E-state index in [0.29, 0.717) is 37.9 Å². The maximum atomic E-state index is 12.7. The van der Waals surface area contributed by atoms with Crippen LogP contribution in [0.5, 0.6) is 11.5 Å². The van der Waals surface area contributed by atoms with E-state index in [1.54, 1.807) is 19.9 Å². The average molecular weight is 386 g/mol. The van der Waals surface area contributed by atoms with Crippen LogP contribution in [0.15, 0.2) is 23.1 Å². The molecule has 2 N–H and O–H groups in total. The van der Waals surface area contributed by atoms with Gasteiger partial charge in [-0.25, -0.2) is 8.42 Å². The first kappa shape index (κ1) is 20.5. The van der Waals surface area contributed by atoms with Crippen molar-refractivity contribution >= 4 is 15.9 Å². The van der Waals surface area contributed by atoms with E-state index in [1.165, 1.54) is 19.2 Å². The second-order valence-electron chi connectivity index (χ2n) is 6.29. The molecule has 146 valence electrons. The molecule has 26 heavy (non-hydrogen) atoms. The van der Waals surface area contributed by atoms with Crippen LogP contribution in [0.25, 0.3) is 0 Å². The third-order valence-corrected chi connectivity index (χ3v) is 5.30. The van der Waals surface area contributed by atoms with E-state index in [-0.39, 0.29) is 10.8 Å². The third kappa shape index (κ3) is 5.33. The summed E-state index contributed by atoms with van der Waals surface area (Å²) in [7, 11) is -2.38. The van der Waals surface area contributed by atoms with Crippen molar-refractivity contribution in [3.05, 3.63) is 18.2 Å². The highest BCUT2D eigenvalue weighted by Gasteiger charge is 2.29. The van der Waals surface area contributed by atoms with Crippen LogP contribution in [0.3, 0.4) is 0 Å². The molecule has 1 atom stereocenters. The lowest BCUT2D eigenvalue weighted by atomic mass is 10.1. The number of sulfonamides is 1. The van der Waals surface area contributed by atoms with Crippen molar-refractivity contribution in [1.82, 2.24) is 10.0 Å². The second kappa shape index (κ2) is 9.20. The van der Waals surface area contributed by atoms with Crippen LogP contribution in [-0.2, 0) is 19.6 Å². The molecular weight excluding hydrogens is 360 g/mol. The van der Waals surface area contributed by atoms with Gasteiger partial charge in [0.2, 0.25) is 15.9 Å². The van der Waals surface area contributed by atoms with Crippen LogP contribution in [0.2, 0.25) is 0 Å². The Morgan fingerprint density at radius 1 is 1.23 bits per heavy atom. The van der Waals surface area contributed by atoms with Crippen molar-refractivity contribution in [2.75, 3.05) is 33.5 Å². The van der Waals surface area contributed by atoms with E-state index in [9.17, 15) is 13.2 Å².